The Morgan fingerprint density at radius 1 is 1.20 bits per heavy atom. The van der Waals surface area contributed by atoms with Crippen LogP contribution in [0.3, 0.4) is 0 Å². The van der Waals surface area contributed by atoms with Gasteiger partial charge in [0.1, 0.15) is 0 Å². The Balaban J connectivity index is 1.80. The van der Waals surface area contributed by atoms with Gasteiger partial charge >= 0.3 is 0 Å². The summed E-state index contributed by atoms with van der Waals surface area (Å²) >= 11 is 0. The molecule has 112 valence electrons. The summed E-state index contributed by atoms with van der Waals surface area (Å²) in [6.45, 7) is 8.96. The molecule has 1 fully saturated rings. The Hall–Kier alpha value is -0.860. The maximum atomic E-state index is 3.79. The van der Waals surface area contributed by atoms with Crippen LogP contribution in [0.5, 0.6) is 0 Å². The summed E-state index contributed by atoms with van der Waals surface area (Å²) < 4.78 is 0. The van der Waals surface area contributed by atoms with Crippen LogP contribution in [0.1, 0.15) is 50.3 Å². The maximum Gasteiger partial charge on any atom is 0.0348 e. The van der Waals surface area contributed by atoms with Gasteiger partial charge in [0.15, 0.2) is 0 Å². The molecule has 0 saturated heterocycles. The van der Waals surface area contributed by atoms with Gasteiger partial charge in [0, 0.05) is 12.1 Å². The first-order chi connectivity index (χ1) is 9.58. The minimum absolute atomic E-state index is 0.569. The molecule has 2 heteroatoms. The van der Waals surface area contributed by atoms with Crippen LogP contribution in [-0.2, 0) is 0 Å². The van der Waals surface area contributed by atoms with Crippen molar-refractivity contribution in [3.05, 3.63) is 35.4 Å². The Morgan fingerprint density at radius 3 is 2.40 bits per heavy atom. The van der Waals surface area contributed by atoms with Crippen LogP contribution in [0, 0.1) is 12.8 Å². The van der Waals surface area contributed by atoms with E-state index in [0.29, 0.717) is 12.1 Å². The third-order valence-electron chi connectivity index (χ3n) is 4.46. The molecule has 1 aliphatic carbocycles. The Kier molecular flexibility index (Phi) is 5.62. The average Bonchev–Trinajstić information content (AvgIpc) is 3.24. The smallest absolute Gasteiger partial charge is 0.0348 e. The molecule has 2 nitrogen and oxygen atoms in total. The van der Waals surface area contributed by atoms with Gasteiger partial charge in [-0.15, -0.1) is 0 Å². The summed E-state index contributed by atoms with van der Waals surface area (Å²) in [5, 5.41) is 3.79. The average molecular weight is 274 g/mol. The zero-order chi connectivity index (χ0) is 14.5. The van der Waals surface area contributed by atoms with Crippen molar-refractivity contribution in [2.75, 3.05) is 20.1 Å². The summed E-state index contributed by atoms with van der Waals surface area (Å²) in [5.41, 5.74) is 2.82. The molecule has 1 N–H and O–H groups in total. The molecule has 0 aromatic heterocycles. The largest absolute Gasteiger partial charge is 0.310 e. The first-order valence-corrected chi connectivity index (χ1v) is 8.08. The van der Waals surface area contributed by atoms with Crippen molar-refractivity contribution in [3.8, 4) is 0 Å². The molecule has 0 amide bonds. The van der Waals surface area contributed by atoms with Crippen molar-refractivity contribution in [2.45, 2.75) is 52.1 Å². The molecule has 0 spiro atoms. The summed E-state index contributed by atoms with van der Waals surface area (Å²) in [6, 6.07) is 10.3. The van der Waals surface area contributed by atoms with Gasteiger partial charge in [-0.05, 0) is 71.7 Å². The topological polar surface area (TPSA) is 15.3 Å². The Bertz CT molecular complexity index is 392. The van der Waals surface area contributed by atoms with Crippen LogP contribution in [0.15, 0.2) is 24.3 Å². The van der Waals surface area contributed by atoms with Crippen LogP contribution in [0.25, 0.3) is 0 Å². The zero-order valence-electron chi connectivity index (χ0n) is 13.5. The number of rotatable bonds is 8. The van der Waals surface area contributed by atoms with Crippen molar-refractivity contribution < 1.29 is 0 Å². The van der Waals surface area contributed by atoms with Gasteiger partial charge in [0.2, 0.25) is 0 Å². The summed E-state index contributed by atoms with van der Waals surface area (Å²) in [7, 11) is 2.21. The SMILES string of the molecule is Cc1ccc(C(NCCCN(C)C(C)C)C2CC2)cc1. The highest BCUT2D eigenvalue weighted by atomic mass is 15.1. The van der Waals surface area contributed by atoms with Gasteiger partial charge in [-0.25, -0.2) is 0 Å². The predicted molar refractivity (Wildman–Crippen MR) is 87.0 cm³/mol. The quantitative estimate of drug-likeness (QED) is 0.726. The Labute approximate surface area is 124 Å². The van der Waals surface area contributed by atoms with E-state index in [0.717, 1.165) is 12.5 Å². The van der Waals surface area contributed by atoms with E-state index in [2.05, 4.69) is 62.3 Å². The molecule has 2 rings (SSSR count). The number of nitrogens with zero attached hydrogens (tertiary/aromatic N) is 1. The van der Waals surface area contributed by atoms with Gasteiger partial charge < -0.3 is 10.2 Å². The Morgan fingerprint density at radius 2 is 1.85 bits per heavy atom. The first-order valence-electron chi connectivity index (χ1n) is 8.08. The second-order valence-corrected chi connectivity index (χ2v) is 6.61. The second-order valence-electron chi connectivity index (χ2n) is 6.61. The van der Waals surface area contributed by atoms with E-state index in [1.165, 1.54) is 36.9 Å². The number of benzene rings is 1. The van der Waals surface area contributed by atoms with E-state index < -0.39 is 0 Å². The molecule has 1 aromatic carbocycles. The summed E-state index contributed by atoms with van der Waals surface area (Å²) in [5.74, 6) is 0.862. The fraction of sp³-hybridized carbons (Fsp3) is 0.667. The summed E-state index contributed by atoms with van der Waals surface area (Å²) in [4.78, 5) is 2.42. The van der Waals surface area contributed by atoms with Crippen LogP contribution >= 0.6 is 0 Å². The molecule has 0 aliphatic heterocycles. The lowest BCUT2D eigenvalue weighted by atomic mass is 10.0. The summed E-state index contributed by atoms with van der Waals surface area (Å²) in [6.07, 6.45) is 4.00. The number of aryl methyl sites for hydroxylation is 1. The first kappa shape index (κ1) is 15.5. The molecule has 1 unspecified atom stereocenters. The van der Waals surface area contributed by atoms with Gasteiger partial charge in [0.25, 0.3) is 0 Å². The standard InChI is InChI=1S/C18H30N2/c1-14(2)20(4)13-5-12-19-18(17-10-11-17)16-8-6-15(3)7-9-16/h6-9,14,17-19H,5,10-13H2,1-4H3. The molecule has 0 radical (unpaired) electrons. The van der Waals surface area contributed by atoms with Crippen LogP contribution in [-0.4, -0.2) is 31.1 Å². The van der Waals surface area contributed by atoms with Gasteiger partial charge in [-0.1, -0.05) is 29.8 Å². The highest BCUT2D eigenvalue weighted by Gasteiger charge is 2.31. The van der Waals surface area contributed by atoms with Crippen LogP contribution < -0.4 is 5.32 Å². The minimum Gasteiger partial charge on any atom is -0.310 e. The van der Waals surface area contributed by atoms with E-state index in [4.69, 9.17) is 0 Å². The normalized spacial score (nSPS) is 16.9. The molecular formula is C18H30N2. The monoisotopic (exact) mass is 274 g/mol. The molecule has 1 saturated carbocycles. The number of hydrogen-bond acceptors (Lipinski definition) is 2. The zero-order valence-corrected chi connectivity index (χ0v) is 13.5. The molecule has 1 atom stereocenters. The fourth-order valence-corrected chi connectivity index (χ4v) is 2.60. The van der Waals surface area contributed by atoms with Gasteiger partial charge in [-0.2, -0.15) is 0 Å². The van der Waals surface area contributed by atoms with E-state index in [1.807, 2.05) is 0 Å². The lowest BCUT2D eigenvalue weighted by Crippen LogP contribution is -2.31. The van der Waals surface area contributed by atoms with Crippen molar-refractivity contribution in [2.24, 2.45) is 5.92 Å². The lowest BCUT2D eigenvalue weighted by molar-refractivity contribution is 0.267. The van der Waals surface area contributed by atoms with Gasteiger partial charge in [-0.3, -0.25) is 0 Å². The molecular weight excluding hydrogens is 244 g/mol. The third-order valence-corrected chi connectivity index (χ3v) is 4.46. The van der Waals surface area contributed by atoms with Crippen LogP contribution in [0.2, 0.25) is 0 Å². The van der Waals surface area contributed by atoms with E-state index in [9.17, 15) is 0 Å². The lowest BCUT2D eigenvalue weighted by Gasteiger charge is -2.23. The predicted octanol–water partition coefficient (Wildman–Crippen LogP) is 3.77. The van der Waals surface area contributed by atoms with Crippen molar-refractivity contribution in [1.29, 1.82) is 0 Å². The fourth-order valence-electron chi connectivity index (χ4n) is 2.60. The van der Waals surface area contributed by atoms with Gasteiger partial charge in [0.05, 0.1) is 0 Å². The number of nitrogens with one attached hydrogen (secondary N) is 1. The van der Waals surface area contributed by atoms with E-state index in [-0.39, 0.29) is 0 Å². The maximum absolute atomic E-state index is 3.79. The van der Waals surface area contributed by atoms with Crippen molar-refractivity contribution >= 4 is 0 Å². The molecule has 0 heterocycles. The number of hydrogen-bond donors (Lipinski definition) is 1. The van der Waals surface area contributed by atoms with E-state index >= 15 is 0 Å². The minimum atomic E-state index is 0.569. The van der Waals surface area contributed by atoms with Crippen molar-refractivity contribution in [1.82, 2.24) is 10.2 Å². The molecule has 20 heavy (non-hydrogen) atoms. The molecule has 0 bridgehead atoms. The second kappa shape index (κ2) is 7.24. The molecule has 1 aliphatic rings. The third kappa shape index (κ3) is 4.60. The highest BCUT2D eigenvalue weighted by molar-refractivity contribution is 5.25. The molecule has 1 aromatic rings. The van der Waals surface area contributed by atoms with E-state index in [1.54, 1.807) is 0 Å². The van der Waals surface area contributed by atoms with Crippen molar-refractivity contribution in [3.63, 3.8) is 0 Å². The van der Waals surface area contributed by atoms with Crippen LogP contribution in [0.4, 0.5) is 0 Å². The highest BCUT2D eigenvalue weighted by Crippen LogP contribution is 2.40.